The zero-order chi connectivity index (χ0) is 20.4. The summed E-state index contributed by atoms with van der Waals surface area (Å²) in [6.07, 6.45) is 1.59. The van der Waals surface area contributed by atoms with E-state index in [4.69, 9.17) is 27.9 Å². The van der Waals surface area contributed by atoms with Crippen molar-refractivity contribution in [1.82, 2.24) is 4.90 Å². The number of amides is 1. The first kappa shape index (κ1) is 20.2. The van der Waals surface area contributed by atoms with Gasteiger partial charge in [-0.15, -0.1) is 0 Å². The maximum atomic E-state index is 13.3. The second kappa shape index (κ2) is 8.21. The lowest BCUT2D eigenvalue weighted by atomic mass is 10.0. The SMILES string of the molecule is COC(=O)C1=C(C)N([C@@H](C)c2ccccc2)C(=O)/C1=C\c1cccc(Cl)c1Cl. The molecular weight excluding hydrogens is 397 g/mol. The third-order valence-electron chi connectivity index (χ3n) is 4.78. The molecule has 0 fully saturated rings. The van der Waals surface area contributed by atoms with Crippen LogP contribution in [0, 0.1) is 0 Å². The molecule has 0 unspecified atom stereocenters. The normalized spacial score (nSPS) is 16.7. The summed E-state index contributed by atoms with van der Waals surface area (Å²) in [6.45, 7) is 3.66. The van der Waals surface area contributed by atoms with E-state index in [0.29, 0.717) is 21.3 Å². The molecule has 0 spiro atoms. The van der Waals surface area contributed by atoms with Gasteiger partial charge in [0.15, 0.2) is 0 Å². The van der Waals surface area contributed by atoms with Crippen molar-refractivity contribution >= 4 is 41.2 Å². The molecule has 0 saturated heterocycles. The molecule has 2 aromatic rings. The molecule has 144 valence electrons. The van der Waals surface area contributed by atoms with Gasteiger partial charge < -0.3 is 9.64 Å². The molecule has 1 aliphatic rings. The van der Waals surface area contributed by atoms with E-state index in [1.165, 1.54) is 7.11 Å². The molecular formula is C22H19Cl2NO3. The van der Waals surface area contributed by atoms with Crippen molar-refractivity contribution in [2.24, 2.45) is 0 Å². The maximum absolute atomic E-state index is 13.3. The fourth-order valence-electron chi connectivity index (χ4n) is 3.33. The Bertz CT molecular complexity index is 996. The van der Waals surface area contributed by atoms with Gasteiger partial charge in [0, 0.05) is 5.70 Å². The second-order valence-electron chi connectivity index (χ2n) is 6.41. The molecule has 0 bridgehead atoms. The number of hydrogen-bond donors (Lipinski definition) is 0. The molecule has 0 aliphatic carbocycles. The minimum Gasteiger partial charge on any atom is -0.465 e. The monoisotopic (exact) mass is 415 g/mol. The fraction of sp³-hybridized carbons (Fsp3) is 0.182. The van der Waals surface area contributed by atoms with E-state index in [0.717, 1.165) is 5.56 Å². The smallest absolute Gasteiger partial charge is 0.340 e. The Kier molecular flexibility index (Phi) is 5.92. The lowest BCUT2D eigenvalue weighted by molar-refractivity contribution is -0.136. The third kappa shape index (κ3) is 3.58. The van der Waals surface area contributed by atoms with Crippen LogP contribution in [0.1, 0.15) is 31.0 Å². The van der Waals surface area contributed by atoms with Gasteiger partial charge >= 0.3 is 5.97 Å². The van der Waals surface area contributed by atoms with Crippen LogP contribution in [0.3, 0.4) is 0 Å². The van der Waals surface area contributed by atoms with E-state index in [2.05, 4.69) is 0 Å². The number of benzene rings is 2. The van der Waals surface area contributed by atoms with Gasteiger partial charge in [0.25, 0.3) is 5.91 Å². The molecule has 0 N–H and O–H groups in total. The zero-order valence-electron chi connectivity index (χ0n) is 15.7. The molecule has 2 aromatic carbocycles. The van der Waals surface area contributed by atoms with Gasteiger partial charge in [0.05, 0.1) is 34.3 Å². The molecule has 0 aromatic heterocycles. The highest BCUT2D eigenvalue weighted by atomic mass is 35.5. The number of nitrogens with zero attached hydrogens (tertiary/aromatic N) is 1. The first-order valence-corrected chi connectivity index (χ1v) is 9.46. The summed E-state index contributed by atoms with van der Waals surface area (Å²) in [5.74, 6) is -0.858. The highest BCUT2D eigenvalue weighted by Crippen LogP contribution is 2.38. The van der Waals surface area contributed by atoms with Crippen molar-refractivity contribution in [3.8, 4) is 0 Å². The van der Waals surface area contributed by atoms with Crippen molar-refractivity contribution in [2.45, 2.75) is 19.9 Å². The number of esters is 1. The molecule has 28 heavy (non-hydrogen) atoms. The number of methoxy groups -OCH3 is 1. The Morgan fingerprint density at radius 2 is 1.79 bits per heavy atom. The maximum Gasteiger partial charge on any atom is 0.340 e. The summed E-state index contributed by atoms with van der Waals surface area (Å²) in [5, 5.41) is 0.692. The zero-order valence-corrected chi connectivity index (χ0v) is 17.2. The van der Waals surface area contributed by atoms with Crippen LogP contribution in [0.4, 0.5) is 0 Å². The number of carbonyl (C=O) groups is 2. The molecule has 4 nitrogen and oxygen atoms in total. The van der Waals surface area contributed by atoms with E-state index in [-0.39, 0.29) is 23.1 Å². The number of rotatable bonds is 4. The van der Waals surface area contributed by atoms with E-state index >= 15 is 0 Å². The first-order valence-electron chi connectivity index (χ1n) is 8.70. The Hall–Kier alpha value is -2.56. The number of halogens is 2. The van der Waals surface area contributed by atoms with Crippen molar-refractivity contribution in [2.75, 3.05) is 7.11 Å². The predicted molar refractivity (Wildman–Crippen MR) is 111 cm³/mol. The molecule has 3 rings (SSSR count). The summed E-state index contributed by atoms with van der Waals surface area (Å²) in [7, 11) is 1.29. The number of carbonyl (C=O) groups excluding carboxylic acids is 2. The van der Waals surface area contributed by atoms with Gasteiger partial charge in [-0.2, -0.15) is 0 Å². The van der Waals surface area contributed by atoms with Gasteiger partial charge in [-0.3, -0.25) is 4.79 Å². The fourth-order valence-corrected chi connectivity index (χ4v) is 3.69. The Morgan fingerprint density at radius 1 is 1.11 bits per heavy atom. The van der Waals surface area contributed by atoms with Gasteiger partial charge in [-0.05, 0) is 37.1 Å². The summed E-state index contributed by atoms with van der Waals surface area (Å²) in [5.41, 5.74) is 2.52. The van der Waals surface area contributed by atoms with Crippen molar-refractivity contribution in [3.05, 3.63) is 86.5 Å². The highest BCUT2D eigenvalue weighted by Gasteiger charge is 2.39. The molecule has 1 amide bonds. The Balaban J connectivity index is 2.13. The van der Waals surface area contributed by atoms with E-state index in [1.807, 2.05) is 37.3 Å². The van der Waals surface area contributed by atoms with Crippen LogP contribution in [-0.4, -0.2) is 23.9 Å². The number of allylic oxidation sites excluding steroid dienone is 1. The van der Waals surface area contributed by atoms with E-state index in [1.54, 1.807) is 36.1 Å². The average molecular weight is 416 g/mol. The second-order valence-corrected chi connectivity index (χ2v) is 7.20. The topological polar surface area (TPSA) is 46.6 Å². The van der Waals surface area contributed by atoms with Crippen LogP contribution in [0.2, 0.25) is 10.0 Å². The molecule has 1 heterocycles. The Labute approximate surface area is 174 Å². The summed E-state index contributed by atoms with van der Waals surface area (Å²) < 4.78 is 4.93. The minimum absolute atomic E-state index is 0.228. The van der Waals surface area contributed by atoms with E-state index in [9.17, 15) is 9.59 Å². The molecule has 0 radical (unpaired) electrons. The highest BCUT2D eigenvalue weighted by molar-refractivity contribution is 6.43. The van der Waals surface area contributed by atoms with Crippen LogP contribution in [0.15, 0.2) is 65.4 Å². The molecule has 1 atom stereocenters. The van der Waals surface area contributed by atoms with Crippen molar-refractivity contribution in [1.29, 1.82) is 0 Å². The minimum atomic E-state index is -0.571. The van der Waals surface area contributed by atoms with Gasteiger partial charge in [0.2, 0.25) is 0 Å². The summed E-state index contributed by atoms with van der Waals surface area (Å²) in [4.78, 5) is 27.4. The van der Waals surface area contributed by atoms with Gasteiger partial charge in [-0.1, -0.05) is 65.7 Å². The van der Waals surface area contributed by atoms with Crippen molar-refractivity contribution in [3.63, 3.8) is 0 Å². The van der Waals surface area contributed by atoms with Crippen LogP contribution in [-0.2, 0) is 14.3 Å². The van der Waals surface area contributed by atoms with Crippen LogP contribution < -0.4 is 0 Å². The third-order valence-corrected chi connectivity index (χ3v) is 5.62. The largest absolute Gasteiger partial charge is 0.465 e. The summed E-state index contributed by atoms with van der Waals surface area (Å²) in [6, 6.07) is 14.5. The first-order chi connectivity index (χ1) is 13.4. The standard InChI is InChI=1S/C22H19Cl2NO3/c1-13(15-8-5-4-6-9-15)25-14(2)19(22(27)28-3)17(21(25)26)12-16-10-7-11-18(23)20(16)24/h4-13H,1-3H3/b17-12-/t13-/m0/s1. The lowest BCUT2D eigenvalue weighted by Crippen LogP contribution is -2.28. The molecule has 1 aliphatic heterocycles. The van der Waals surface area contributed by atoms with Crippen LogP contribution in [0.25, 0.3) is 6.08 Å². The van der Waals surface area contributed by atoms with Gasteiger partial charge in [-0.25, -0.2) is 4.79 Å². The number of ether oxygens (including phenoxy) is 1. The van der Waals surface area contributed by atoms with Gasteiger partial charge in [0.1, 0.15) is 0 Å². The quantitative estimate of drug-likeness (QED) is 0.494. The molecule has 0 saturated carbocycles. The Morgan fingerprint density at radius 3 is 2.43 bits per heavy atom. The molecule has 6 heteroatoms. The summed E-state index contributed by atoms with van der Waals surface area (Å²) >= 11 is 12.4. The lowest BCUT2D eigenvalue weighted by Gasteiger charge is -2.26. The van der Waals surface area contributed by atoms with Crippen LogP contribution >= 0.6 is 23.2 Å². The number of hydrogen-bond acceptors (Lipinski definition) is 3. The average Bonchev–Trinajstić information content (AvgIpc) is 2.94. The van der Waals surface area contributed by atoms with E-state index < -0.39 is 5.97 Å². The predicted octanol–water partition coefficient (Wildman–Crippen LogP) is 5.43. The van der Waals surface area contributed by atoms with Crippen LogP contribution in [0.5, 0.6) is 0 Å². The van der Waals surface area contributed by atoms with Crippen molar-refractivity contribution < 1.29 is 14.3 Å².